The fourth-order valence-electron chi connectivity index (χ4n) is 2.26. The van der Waals surface area contributed by atoms with E-state index in [0.717, 1.165) is 20.8 Å². The van der Waals surface area contributed by atoms with Crippen LogP contribution in [0.1, 0.15) is 34.6 Å². The molecule has 0 spiro atoms. The molecule has 0 unspecified atom stereocenters. The lowest BCUT2D eigenvalue weighted by atomic mass is 10.1. The Morgan fingerprint density at radius 2 is 1.26 bits per heavy atom. The van der Waals surface area contributed by atoms with Gasteiger partial charge in [-0.2, -0.15) is 0 Å². The van der Waals surface area contributed by atoms with Crippen molar-refractivity contribution in [3.05, 3.63) is 0 Å². The van der Waals surface area contributed by atoms with Crippen LogP contribution in [0.15, 0.2) is 0 Å². The minimum absolute atomic E-state index is 0.567. The first-order chi connectivity index (χ1) is 10.6. The van der Waals surface area contributed by atoms with Crippen molar-refractivity contribution in [1.29, 1.82) is 0 Å². The van der Waals surface area contributed by atoms with Crippen molar-refractivity contribution >= 4 is 23.9 Å². The van der Waals surface area contributed by atoms with Crippen LogP contribution >= 0.6 is 0 Å². The zero-order valence-corrected chi connectivity index (χ0v) is 13.6. The SMILES string of the molecule is CC(=O)O[C@@H]1O[C@H]([C@H](C)OC(C)=O)[C@@H](OC(C)=O)[C@H]1OC(C)=O. The van der Waals surface area contributed by atoms with Crippen LogP contribution in [-0.2, 0) is 42.9 Å². The predicted octanol–water partition coefficient (Wildman–Crippen LogP) is 0.0894. The van der Waals surface area contributed by atoms with Gasteiger partial charge >= 0.3 is 23.9 Å². The molecule has 1 aliphatic heterocycles. The summed E-state index contributed by atoms with van der Waals surface area (Å²) in [5.41, 5.74) is 0. The maximum Gasteiger partial charge on any atom is 0.305 e. The summed E-state index contributed by atoms with van der Waals surface area (Å²) in [5, 5.41) is 0. The van der Waals surface area contributed by atoms with Gasteiger partial charge in [0.2, 0.25) is 12.4 Å². The molecule has 1 fully saturated rings. The Morgan fingerprint density at radius 1 is 0.783 bits per heavy atom. The van der Waals surface area contributed by atoms with Gasteiger partial charge in [-0.15, -0.1) is 0 Å². The van der Waals surface area contributed by atoms with Crippen LogP contribution in [0.2, 0.25) is 0 Å². The van der Waals surface area contributed by atoms with E-state index in [1.165, 1.54) is 13.8 Å². The summed E-state index contributed by atoms with van der Waals surface area (Å²) >= 11 is 0. The van der Waals surface area contributed by atoms with Crippen LogP contribution in [0.25, 0.3) is 0 Å². The van der Waals surface area contributed by atoms with Gasteiger partial charge in [0, 0.05) is 27.7 Å². The molecule has 1 heterocycles. The molecule has 130 valence electrons. The number of hydrogen-bond donors (Lipinski definition) is 0. The first-order valence-electron chi connectivity index (χ1n) is 6.96. The van der Waals surface area contributed by atoms with Crippen LogP contribution in [0, 0.1) is 0 Å². The van der Waals surface area contributed by atoms with Gasteiger partial charge in [0.25, 0.3) is 0 Å². The average molecular weight is 332 g/mol. The van der Waals surface area contributed by atoms with E-state index in [2.05, 4.69) is 0 Å². The Morgan fingerprint density at radius 3 is 1.70 bits per heavy atom. The van der Waals surface area contributed by atoms with E-state index in [4.69, 9.17) is 23.7 Å². The van der Waals surface area contributed by atoms with E-state index < -0.39 is 54.6 Å². The van der Waals surface area contributed by atoms with Crippen molar-refractivity contribution in [2.45, 2.75) is 65.3 Å². The summed E-state index contributed by atoms with van der Waals surface area (Å²) in [6.45, 7) is 6.19. The molecule has 9 nitrogen and oxygen atoms in total. The quantitative estimate of drug-likeness (QED) is 0.510. The van der Waals surface area contributed by atoms with E-state index >= 15 is 0 Å². The molecule has 0 amide bonds. The molecule has 0 aliphatic carbocycles. The van der Waals surface area contributed by atoms with Crippen LogP contribution in [0.5, 0.6) is 0 Å². The van der Waals surface area contributed by atoms with Crippen LogP contribution < -0.4 is 0 Å². The zero-order valence-electron chi connectivity index (χ0n) is 13.6. The van der Waals surface area contributed by atoms with Crippen LogP contribution in [-0.4, -0.2) is 54.6 Å². The smallest absolute Gasteiger partial charge is 0.305 e. The predicted molar refractivity (Wildman–Crippen MR) is 72.8 cm³/mol. The fourth-order valence-corrected chi connectivity index (χ4v) is 2.26. The number of hydrogen-bond acceptors (Lipinski definition) is 9. The maximum absolute atomic E-state index is 11.3. The average Bonchev–Trinajstić information content (AvgIpc) is 2.65. The Balaban J connectivity index is 3.06. The van der Waals surface area contributed by atoms with Crippen molar-refractivity contribution in [1.82, 2.24) is 0 Å². The van der Waals surface area contributed by atoms with E-state index in [1.54, 1.807) is 0 Å². The summed E-state index contributed by atoms with van der Waals surface area (Å²) in [4.78, 5) is 44.9. The first kappa shape index (κ1) is 18.9. The van der Waals surface area contributed by atoms with E-state index in [1.807, 2.05) is 0 Å². The molecule has 0 aromatic rings. The fraction of sp³-hybridized carbons (Fsp3) is 0.714. The molecule has 0 aromatic carbocycles. The highest BCUT2D eigenvalue weighted by molar-refractivity contribution is 5.68. The molecular formula is C14H20O9. The minimum atomic E-state index is -1.27. The third-order valence-corrected chi connectivity index (χ3v) is 2.91. The lowest BCUT2D eigenvalue weighted by Gasteiger charge is -2.25. The van der Waals surface area contributed by atoms with Crippen molar-refractivity contribution in [2.24, 2.45) is 0 Å². The summed E-state index contributed by atoms with van der Waals surface area (Å²) in [6, 6.07) is 0. The van der Waals surface area contributed by atoms with Gasteiger partial charge in [0.05, 0.1) is 0 Å². The summed E-state index contributed by atoms with van der Waals surface area (Å²) in [6.07, 6.45) is -5.31. The minimum Gasteiger partial charge on any atom is -0.460 e. The normalized spacial score (nSPS) is 27.7. The molecule has 9 heteroatoms. The molecule has 1 saturated heterocycles. The number of carbonyl (C=O) groups excluding carboxylic acids is 4. The van der Waals surface area contributed by atoms with Gasteiger partial charge in [-0.25, -0.2) is 0 Å². The zero-order chi connectivity index (χ0) is 17.7. The molecule has 0 bridgehead atoms. The molecular weight excluding hydrogens is 312 g/mol. The third-order valence-electron chi connectivity index (χ3n) is 2.91. The van der Waals surface area contributed by atoms with Gasteiger partial charge in [-0.1, -0.05) is 0 Å². The van der Waals surface area contributed by atoms with E-state index in [0.29, 0.717) is 0 Å². The lowest BCUT2D eigenvalue weighted by Crippen LogP contribution is -2.44. The van der Waals surface area contributed by atoms with Gasteiger partial charge in [-0.3, -0.25) is 19.2 Å². The van der Waals surface area contributed by atoms with Crippen LogP contribution in [0.4, 0.5) is 0 Å². The summed E-state index contributed by atoms with van der Waals surface area (Å²) in [7, 11) is 0. The second kappa shape index (κ2) is 7.91. The molecule has 1 aliphatic rings. The van der Waals surface area contributed by atoms with Gasteiger partial charge in [-0.05, 0) is 6.92 Å². The second-order valence-electron chi connectivity index (χ2n) is 5.04. The monoisotopic (exact) mass is 332 g/mol. The molecule has 0 N–H and O–H groups in total. The first-order valence-corrected chi connectivity index (χ1v) is 6.96. The topological polar surface area (TPSA) is 114 Å². The van der Waals surface area contributed by atoms with Gasteiger partial charge < -0.3 is 23.7 Å². The Bertz CT molecular complexity index is 487. The van der Waals surface area contributed by atoms with Crippen molar-refractivity contribution in [3.8, 4) is 0 Å². The Labute approximate surface area is 133 Å². The maximum atomic E-state index is 11.3. The van der Waals surface area contributed by atoms with E-state index in [-0.39, 0.29) is 0 Å². The van der Waals surface area contributed by atoms with Crippen LogP contribution in [0.3, 0.4) is 0 Å². The molecule has 1 rings (SSSR count). The number of esters is 4. The standard InChI is InChI=1S/C14H20O9/c1-6(19-7(2)15)11-12(20-8(3)16)13(21-9(4)17)14(23-11)22-10(5)18/h6,11-14H,1-5H3/t6-,11+,12+,13+,14+/m0/s1. The molecule has 0 radical (unpaired) electrons. The highest BCUT2D eigenvalue weighted by Gasteiger charge is 2.53. The highest BCUT2D eigenvalue weighted by atomic mass is 16.8. The Hall–Kier alpha value is -2.16. The summed E-state index contributed by atoms with van der Waals surface area (Å²) in [5.74, 6) is -2.56. The molecule has 0 saturated carbocycles. The van der Waals surface area contributed by atoms with Crippen molar-refractivity contribution in [2.75, 3.05) is 0 Å². The largest absolute Gasteiger partial charge is 0.460 e. The number of ether oxygens (including phenoxy) is 5. The van der Waals surface area contributed by atoms with E-state index in [9.17, 15) is 19.2 Å². The molecule has 5 atom stereocenters. The van der Waals surface area contributed by atoms with Crippen molar-refractivity contribution in [3.63, 3.8) is 0 Å². The lowest BCUT2D eigenvalue weighted by molar-refractivity contribution is -0.200. The van der Waals surface area contributed by atoms with Gasteiger partial charge in [0.15, 0.2) is 6.10 Å². The highest BCUT2D eigenvalue weighted by Crippen LogP contribution is 2.31. The van der Waals surface area contributed by atoms with Gasteiger partial charge in [0.1, 0.15) is 12.2 Å². The third kappa shape index (κ3) is 5.51. The Kier molecular flexibility index (Phi) is 6.49. The molecule has 23 heavy (non-hydrogen) atoms. The summed E-state index contributed by atoms with van der Waals surface area (Å²) < 4.78 is 25.6. The molecule has 0 aromatic heterocycles. The number of rotatable bonds is 5. The van der Waals surface area contributed by atoms with Crippen molar-refractivity contribution < 1.29 is 42.9 Å². The second-order valence-corrected chi connectivity index (χ2v) is 5.04. The number of carbonyl (C=O) groups is 4.